The van der Waals surface area contributed by atoms with Crippen molar-refractivity contribution in [2.24, 2.45) is 0 Å². The number of nitrogens with one attached hydrogen (secondary N) is 1. The minimum absolute atomic E-state index is 0.893. The summed E-state index contributed by atoms with van der Waals surface area (Å²) in [5.74, 6) is 0.942. The molecule has 3 nitrogen and oxygen atoms in total. The Balaban J connectivity index is 2.57. The molecule has 4 heteroatoms. The summed E-state index contributed by atoms with van der Waals surface area (Å²) in [6.45, 7) is 2.95. The maximum atomic E-state index is 4.16. The Morgan fingerprint density at radius 2 is 2.42 bits per heavy atom. The second-order valence-corrected chi connectivity index (χ2v) is 3.30. The normalized spacial score (nSPS) is 10.4. The molecule has 0 aliphatic rings. The van der Waals surface area contributed by atoms with Gasteiger partial charge in [0.1, 0.15) is 12.1 Å². The second-order valence-electron chi connectivity index (χ2n) is 2.39. The van der Waals surface area contributed by atoms with Crippen LogP contribution in [0, 0.1) is 0 Å². The average Bonchev–Trinajstić information content (AvgIpc) is 2.53. The summed E-state index contributed by atoms with van der Waals surface area (Å²) >= 11 is 1.67. The summed E-state index contributed by atoms with van der Waals surface area (Å²) in [7, 11) is 0. The molecule has 0 aliphatic carbocycles. The van der Waals surface area contributed by atoms with E-state index in [9.17, 15) is 0 Å². The highest BCUT2D eigenvalue weighted by molar-refractivity contribution is 7.17. The number of fused-ring (bicyclic) bond motifs is 1. The van der Waals surface area contributed by atoms with Crippen LogP contribution in [0.1, 0.15) is 6.92 Å². The quantitative estimate of drug-likeness (QED) is 0.767. The maximum absolute atomic E-state index is 4.16. The van der Waals surface area contributed by atoms with Crippen LogP contribution in [0.2, 0.25) is 0 Å². The number of hydrogen-bond acceptors (Lipinski definition) is 4. The fourth-order valence-corrected chi connectivity index (χ4v) is 1.89. The summed E-state index contributed by atoms with van der Waals surface area (Å²) in [6.07, 6.45) is 1.59. The van der Waals surface area contributed by atoms with Crippen molar-refractivity contribution in [1.82, 2.24) is 9.97 Å². The highest BCUT2D eigenvalue weighted by Crippen LogP contribution is 2.24. The third kappa shape index (κ3) is 1.14. The van der Waals surface area contributed by atoms with Gasteiger partial charge in [0, 0.05) is 6.54 Å². The van der Waals surface area contributed by atoms with Crippen molar-refractivity contribution in [3.8, 4) is 0 Å². The van der Waals surface area contributed by atoms with Gasteiger partial charge in [-0.2, -0.15) is 0 Å². The van der Waals surface area contributed by atoms with E-state index in [2.05, 4.69) is 22.2 Å². The molecule has 0 spiro atoms. The molecule has 0 unspecified atom stereocenters. The van der Waals surface area contributed by atoms with Crippen molar-refractivity contribution < 1.29 is 0 Å². The van der Waals surface area contributed by atoms with Gasteiger partial charge in [0.25, 0.3) is 0 Å². The van der Waals surface area contributed by atoms with E-state index in [1.54, 1.807) is 17.7 Å². The Hall–Kier alpha value is -1.16. The summed E-state index contributed by atoms with van der Waals surface area (Å²) in [4.78, 5) is 8.30. The molecule has 0 aromatic carbocycles. The van der Waals surface area contributed by atoms with Crippen LogP contribution in [0.15, 0.2) is 17.8 Å². The number of anilines is 1. The van der Waals surface area contributed by atoms with Crippen molar-refractivity contribution in [3.63, 3.8) is 0 Å². The fourth-order valence-electron chi connectivity index (χ4n) is 1.08. The molecule has 2 heterocycles. The van der Waals surface area contributed by atoms with Gasteiger partial charge in [-0.3, -0.25) is 0 Å². The summed E-state index contributed by atoms with van der Waals surface area (Å²) in [6, 6.07) is 2.00. The number of rotatable bonds is 2. The van der Waals surface area contributed by atoms with E-state index in [0.29, 0.717) is 0 Å². The molecule has 2 rings (SSSR count). The van der Waals surface area contributed by atoms with Crippen molar-refractivity contribution in [1.29, 1.82) is 0 Å². The Morgan fingerprint density at radius 3 is 3.25 bits per heavy atom. The van der Waals surface area contributed by atoms with Crippen LogP contribution in [-0.2, 0) is 0 Å². The minimum Gasteiger partial charge on any atom is -0.369 e. The largest absolute Gasteiger partial charge is 0.369 e. The van der Waals surface area contributed by atoms with Gasteiger partial charge in [0.05, 0.1) is 10.2 Å². The van der Waals surface area contributed by atoms with E-state index in [4.69, 9.17) is 0 Å². The highest BCUT2D eigenvalue weighted by Gasteiger charge is 2.01. The van der Waals surface area contributed by atoms with E-state index in [1.165, 1.54) is 0 Å². The molecule has 0 fully saturated rings. The molecule has 0 bridgehead atoms. The third-order valence-corrected chi connectivity index (χ3v) is 2.50. The number of hydrogen-bond donors (Lipinski definition) is 1. The molecule has 0 saturated heterocycles. The molecule has 0 aliphatic heterocycles. The lowest BCUT2D eigenvalue weighted by Crippen LogP contribution is -1.98. The molecule has 0 amide bonds. The molecule has 2 aromatic heterocycles. The Labute approximate surface area is 74.5 Å². The predicted molar refractivity (Wildman–Crippen MR) is 51.6 cm³/mol. The average molecular weight is 179 g/mol. The minimum atomic E-state index is 0.893. The number of nitrogens with zero attached hydrogens (tertiary/aromatic N) is 2. The van der Waals surface area contributed by atoms with Crippen LogP contribution in [0.25, 0.3) is 10.2 Å². The van der Waals surface area contributed by atoms with Crippen LogP contribution in [-0.4, -0.2) is 16.5 Å². The van der Waals surface area contributed by atoms with Gasteiger partial charge in [-0.1, -0.05) is 0 Å². The highest BCUT2D eigenvalue weighted by atomic mass is 32.1. The molecule has 0 saturated carbocycles. The van der Waals surface area contributed by atoms with E-state index in [0.717, 1.165) is 22.6 Å². The molecular formula is C8H9N3S. The molecule has 1 N–H and O–H groups in total. The van der Waals surface area contributed by atoms with Crippen LogP contribution >= 0.6 is 11.3 Å². The van der Waals surface area contributed by atoms with Crippen LogP contribution in [0.4, 0.5) is 5.82 Å². The summed E-state index contributed by atoms with van der Waals surface area (Å²) in [5, 5.41) is 5.22. The van der Waals surface area contributed by atoms with Crippen molar-refractivity contribution in [2.45, 2.75) is 6.92 Å². The first-order chi connectivity index (χ1) is 5.92. The third-order valence-electron chi connectivity index (χ3n) is 1.59. The van der Waals surface area contributed by atoms with Crippen molar-refractivity contribution in [3.05, 3.63) is 17.8 Å². The zero-order valence-corrected chi connectivity index (χ0v) is 7.56. The summed E-state index contributed by atoms with van der Waals surface area (Å²) in [5.41, 5.74) is 1.02. The molecule has 0 atom stereocenters. The van der Waals surface area contributed by atoms with Gasteiger partial charge in [-0.25, -0.2) is 9.97 Å². The van der Waals surface area contributed by atoms with Gasteiger partial charge in [0.2, 0.25) is 0 Å². The van der Waals surface area contributed by atoms with Crippen LogP contribution in [0.3, 0.4) is 0 Å². The lowest BCUT2D eigenvalue weighted by atomic mass is 10.4. The SMILES string of the molecule is CCNc1ncnc2ccsc12. The van der Waals surface area contributed by atoms with Gasteiger partial charge in [-0.15, -0.1) is 11.3 Å². The van der Waals surface area contributed by atoms with Gasteiger partial charge < -0.3 is 5.32 Å². The topological polar surface area (TPSA) is 37.8 Å². The first-order valence-electron chi connectivity index (χ1n) is 3.84. The summed E-state index contributed by atoms with van der Waals surface area (Å²) < 4.78 is 1.14. The molecule has 12 heavy (non-hydrogen) atoms. The standard InChI is InChI=1S/C8H9N3S/c1-2-9-8-7-6(3-4-12-7)10-5-11-8/h3-5H,2H2,1H3,(H,9,10,11). The second kappa shape index (κ2) is 3.06. The van der Waals surface area contributed by atoms with E-state index in [-0.39, 0.29) is 0 Å². The Kier molecular flexibility index (Phi) is 1.91. The lowest BCUT2D eigenvalue weighted by Gasteiger charge is -2.00. The predicted octanol–water partition coefficient (Wildman–Crippen LogP) is 2.12. The van der Waals surface area contributed by atoms with Gasteiger partial charge in [0.15, 0.2) is 0 Å². The van der Waals surface area contributed by atoms with Gasteiger partial charge >= 0.3 is 0 Å². The number of aromatic nitrogens is 2. The lowest BCUT2D eigenvalue weighted by molar-refractivity contribution is 1.14. The van der Waals surface area contributed by atoms with E-state index < -0.39 is 0 Å². The van der Waals surface area contributed by atoms with Crippen molar-refractivity contribution >= 4 is 27.4 Å². The van der Waals surface area contributed by atoms with Crippen LogP contribution < -0.4 is 5.32 Å². The number of thiophene rings is 1. The first-order valence-corrected chi connectivity index (χ1v) is 4.72. The monoisotopic (exact) mass is 179 g/mol. The smallest absolute Gasteiger partial charge is 0.147 e. The Morgan fingerprint density at radius 1 is 1.50 bits per heavy atom. The van der Waals surface area contributed by atoms with E-state index in [1.807, 2.05) is 11.4 Å². The van der Waals surface area contributed by atoms with Crippen LogP contribution in [0.5, 0.6) is 0 Å². The first kappa shape index (κ1) is 7.49. The maximum Gasteiger partial charge on any atom is 0.147 e. The zero-order chi connectivity index (χ0) is 8.39. The molecular weight excluding hydrogens is 170 g/mol. The fraction of sp³-hybridized carbons (Fsp3) is 0.250. The zero-order valence-electron chi connectivity index (χ0n) is 6.74. The van der Waals surface area contributed by atoms with Crippen molar-refractivity contribution in [2.75, 3.05) is 11.9 Å². The molecule has 62 valence electrons. The molecule has 0 radical (unpaired) electrons. The van der Waals surface area contributed by atoms with E-state index >= 15 is 0 Å². The Bertz CT molecular complexity index is 382. The van der Waals surface area contributed by atoms with Gasteiger partial charge in [-0.05, 0) is 18.4 Å². The molecule has 2 aromatic rings.